The number of halogens is 3. The molecule has 5 nitrogen and oxygen atoms in total. The summed E-state index contributed by atoms with van der Waals surface area (Å²) in [6.07, 6.45) is -3.28. The third kappa shape index (κ3) is 5.86. The van der Waals surface area contributed by atoms with Gasteiger partial charge in [0.2, 0.25) is 0 Å². The lowest BCUT2D eigenvalue weighted by molar-refractivity contribution is -0.138. The number of ether oxygens (including phenoxy) is 2. The fraction of sp³-hybridized carbons (Fsp3) is 0.258. The molecule has 0 aliphatic carbocycles. The van der Waals surface area contributed by atoms with Crippen LogP contribution < -0.4 is 15.0 Å². The highest BCUT2D eigenvalue weighted by Gasteiger charge is 2.36. The van der Waals surface area contributed by atoms with Gasteiger partial charge < -0.3 is 19.7 Å². The normalized spacial score (nSPS) is 15.1. The van der Waals surface area contributed by atoms with E-state index in [1.165, 1.54) is 28.5 Å². The zero-order chi connectivity index (χ0) is 27.4. The van der Waals surface area contributed by atoms with Gasteiger partial charge in [-0.3, -0.25) is 0 Å². The van der Waals surface area contributed by atoms with E-state index in [1.807, 2.05) is 41.3 Å². The highest BCUT2D eigenvalue weighted by atomic mass is 19.4. The Kier molecular flexibility index (Phi) is 7.74. The minimum atomic E-state index is -4.68. The van der Waals surface area contributed by atoms with Crippen LogP contribution in [0.1, 0.15) is 27.9 Å². The van der Waals surface area contributed by atoms with E-state index in [2.05, 4.69) is 40.4 Å². The Morgan fingerprint density at radius 1 is 1.00 bits per heavy atom. The molecule has 0 radical (unpaired) electrons. The van der Waals surface area contributed by atoms with Gasteiger partial charge in [0.15, 0.2) is 0 Å². The number of alkyl halides is 3. The van der Waals surface area contributed by atoms with E-state index in [-0.39, 0.29) is 6.10 Å². The van der Waals surface area contributed by atoms with Crippen molar-refractivity contribution in [2.75, 3.05) is 31.6 Å². The molecule has 1 N–H and O–H groups in total. The van der Waals surface area contributed by atoms with E-state index < -0.39 is 23.3 Å². The van der Waals surface area contributed by atoms with Gasteiger partial charge in [-0.05, 0) is 72.6 Å². The molecule has 1 aliphatic heterocycles. The lowest BCUT2D eigenvalue weighted by Gasteiger charge is -2.36. The summed E-state index contributed by atoms with van der Waals surface area (Å²) in [7, 11) is 1.07. The number of nitrogens with zero attached hydrogens (tertiary/aromatic N) is 1. The average molecular weight is 535 g/mol. The van der Waals surface area contributed by atoms with E-state index in [0.717, 1.165) is 31.8 Å². The largest absolute Gasteiger partial charge is 0.486 e. The summed E-state index contributed by atoms with van der Waals surface area (Å²) in [5.41, 5.74) is 0.948. The van der Waals surface area contributed by atoms with Crippen LogP contribution in [0.5, 0.6) is 5.75 Å². The molecule has 1 aliphatic rings. The Labute approximate surface area is 225 Å². The van der Waals surface area contributed by atoms with Crippen LogP contribution in [0.15, 0.2) is 84.9 Å². The number of benzene rings is 4. The molecular weight excluding hydrogens is 505 g/mol. The van der Waals surface area contributed by atoms with Gasteiger partial charge in [0.25, 0.3) is 0 Å². The molecular formula is C31H29F3N2O3. The first-order chi connectivity index (χ1) is 18.8. The summed E-state index contributed by atoms with van der Waals surface area (Å²) < 4.78 is 51.6. The van der Waals surface area contributed by atoms with Crippen molar-refractivity contribution < 1.29 is 27.4 Å². The number of hydrogen-bond acceptors (Lipinski definition) is 5. The molecule has 5 rings (SSSR count). The standard InChI is InChI=1S/C31H29F3N2O3/c1-38-30(37)26-19-23(13-14-27(26)31(32,33)34)36-20-24(39-29-12-5-4-11-28(29)36)16-18-35-17-15-22-9-6-8-21-7-2-3-10-25(21)22/h2-14,19,24,35H,15-18,20H2,1H3/t24-/m1/s1. The number of hydrogen-bond donors (Lipinski definition) is 1. The van der Waals surface area contributed by atoms with Crippen molar-refractivity contribution in [3.05, 3.63) is 102 Å². The molecule has 4 aromatic rings. The summed E-state index contributed by atoms with van der Waals surface area (Å²) in [6.45, 7) is 1.95. The Hall–Kier alpha value is -4.04. The molecule has 202 valence electrons. The Bertz CT molecular complexity index is 1470. The zero-order valence-corrected chi connectivity index (χ0v) is 21.5. The van der Waals surface area contributed by atoms with Gasteiger partial charge >= 0.3 is 12.1 Å². The van der Waals surface area contributed by atoms with Gasteiger partial charge in [-0.2, -0.15) is 13.2 Å². The number of rotatable bonds is 8. The number of nitrogens with one attached hydrogen (secondary N) is 1. The lowest BCUT2D eigenvalue weighted by Crippen LogP contribution is -2.39. The van der Waals surface area contributed by atoms with E-state index in [1.54, 1.807) is 0 Å². The minimum Gasteiger partial charge on any atom is -0.486 e. The monoisotopic (exact) mass is 534 g/mol. The van der Waals surface area contributed by atoms with Crippen molar-refractivity contribution in [1.82, 2.24) is 5.32 Å². The van der Waals surface area contributed by atoms with Crippen molar-refractivity contribution in [3.8, 4) is 5.75 Å². The second-order valence-corrected chi connectivity index (χ2v) is 9.46. The minimum absolute atomic E-state index is 0.200. The number of para-hydroxylation sites is 2. The molecule has 0 saturated heterocycles. The van der Waals surface area contributed by atoms with E-state index in [0.29, 0.717) is 30.9 Å². The molecule has 0 fully saturated rings. The summed E-state index contributed by atoms with van der Waals surface area (Å²) in [6, 6.07) is 25.6. The third-order valence-electron chi connectivity index (χ3n) is 6.96. The SMILES string of the molecule is COC(=O)c1cc(N2C[C@@H](CCNCCc3cccc4ccccc34)Oc3ccccc32)ccc1C(F)(F)F. The summed E-state index contributed by atoms with van der Waals surface area (Å²) >= 11 is 0. The first kappa shape index (κ1) is 26.6. The van der Waals surface area contributed by atoms with Crippen LogP contribution in [-0.4, -0.2) is 38.8 Å². The quantitative estimate of drug-likeness (QED) is 0.200. The smallest absolute Gasteiger partial charge is 0.417 e. The lowest BCUT2D eigenvalue weighted by atomic mass is 10.0. The number of carbonyl (C=O) groups is 1. The number of methoxy groups -OCH3 is 1. The van der Waals surface area contributed by atoms with Crippen LogP contribution in [0.4, 0.5) is 24.5 Å². The van der Waals surface area contributed by atoms with E-state index >= 15 is 0 Å². The highest BCUT2D eigenvalue weighted by molar-refractivity contribution is 5.93. The topological polar surface area (TPSA) is 50.8 Å². The second-order valence-electron chi connectivity index (χ2n) is 9.46. The molecule has 0 bridgehead atoms. The van der Waals surface area contributed by atoms with Crippen molar-refractivity contribution in [3.63, 3.8) is 0 Å². The fourth-order valence-electron chi connectivity index (χ4n) is 5.04. The molecule has 1 atom stereocenters. The molecule has 39 heavy (non-hydrogen) atoms. The number of fused-ring (bicyclic) bond motifs is 2. The summed E-state index contributed by atoms with van der Waals surface area (Å²) in [5, 5.41) is 5.98. The van der Waals surface area contributed by atoms with Gasteiger partial charge in [-0.25, -0.2) is 4.79 Å². The van der Waals surface area contributed by atoms with Crippen LogP contribution >= 0.6 is 0 Å². The average Bonchev–Trinajstić information content (AvgIpc) is 2.95. The molecule has 0 saturated carbocycles. The molecule has 0 aromatic heterocycles. The fourth-order valence-corrected chi connectivity index (χ4v) is 5.04. The number of carbonyl (C=O) groups excluding carboxylic acids is 1. The Morgan fingerprint density at radius 2 is 1.77 bits per heavy atom. The van der Waals surface area contributed by atoms with E-state index in [4.69, 9.17) is 4.74 Å². The molecule has 0 unspecified atom stereocenters. The van der Waals surface area contributed by atoms with Gasteiger partial charge in [0.1, 0.15) is 11.9 Å². The maximum absolute atomic E-state index is 13.6. The van der Waals surface area contributed by atoms with Gasteiger partial charge in [0.05, 0.1) is 30.5 Å². The molecule has 1 heterocycles. The second kappa shape index (κ2) is 11.4. The maximum Gasteiger partial charge on any atom is 0.417 e. The van der Waals surface area contributed by atoms with Crippen LogP contribution in [-0.2, 0) is 17.3 Å². The van der Waals surface area contributed by atoms with Crippen molar-refractivity contribution in [2.45, 2.75) is 25.1 Å². The summed E-state index contributed by atoms with van der Waals surface area (Å²) in [5.74, 6) is -0.387. The molecule has 4 aromatic carbocycles. The number of anilines is 2. The predicted octanol–water partition coefficient (Wildman–Crippen LogP) is 6.77. The first-order valence-electron chi connectivity index (χ1n) is 12.9. The molecule has 0 amide bonds. The van der Waals surface area contributed by atoms with E-state index in [9.17, 15) is 18.0 Å². The van der Waals surface area contributed by atoms with Crippen LogP contribution in [0.25, 0.3) is 10.8 Å². The molecule has 8 heteroatoms. The van der Waals surface area contributed by atoms with Crippen molar-refractivity contribution >= 4 is 28.1 Å². The third-order valence-corrected chi connectivity index (χ3v) is 6.96. The number of esters is 1. The summed E-state index contributed by atoms with van der Waals surface area (Å²) in [4.78, 5) is 14.1. The van der Waals surface area contributed by atoms with Crippen LogP contribution in [0, 0.1) is 0 Å². The van der Waals surface area contributed by atoms with Gasteiger partial charge in [0, 0.05) is 5.69 Å². The van der Waals surface area contributed by atoms with Crippen molar-refractivity contribution in [2.24, 2.45) is 0 Å². The Morgan fingerprint density at radius 3 is 2.59 bits per heavy atom. The zero-order valence-electron chi connectivity index (χ0n) is 21.5. The van der Waals surface area contributed by atoms with Crippen LogP contribution in [0.2, 0.25) is 0 Å². The first-order valence-corrected chi connectivity index (χ1v) is 12.9. The predicted molar refractivity (Wildman–Crippen MR) is 146 cm³/mol. The van der Waals surface area contributed by atoms with Crippen LogP contribution in [0.3, 0.4) is 0 Å². The van der Waals surface area contributed by atoms with Gasteiger partial charge in [-0.1, -0.05) is 54.6 Å². The van der Waals surface area contributed by atoms with Gasteiger partial charge in [-0.15, -0.1) is 0 Å². The molecule has 0 spiro atoms. The highest BCUT2D eigenvalue weighted by Crippen LogP contribution is 2.41. The maximum atomic E-state index is 13.6. The Balaban J connectivity index is 1.28. The van der Waals surface area contributed by atoms with Crippen molar-refractivity contribution in [1.29, 1.82) is 0 Å².